The third kappa shape index (κ3) is 3.53. The summed E-state index contributed by atoms with van der Waals surface area (Å²) in [5.41, 5.74) is 0.250. The Morgan fingerprint density at radius 3 is 2.45 bits per heavy atom. The van der Waals surface area contributed by atoms with Gasteiger partial charge in [0.2, 0.25) is 0 Å². The summed E-state index contributed by atoms with van der Waals surface area (Å²) in [6.07, 6.45) is 4.18. The fourth-order valence-electron chi connectivity index (χ4n) is 1.90. The molecule has 0 amide bonds. The first-order valence-electron chi connectivity index (χ1n) is 6.84. The topological polar surface area (TPSA) is 99.0 Å². The van der Waals surface area contributed by atoms with Crippen LogP contribution in [-0.4, -0.2) is 34.5 Å². The highest BCUT2D eigenvalue weighted by Gasteiger charge is 2.21. The first-order chi connectivity index (χ1) is 10.3. The lowest BCUT2D eigenvalue weighted by molar-refractivity contribution is 0.312. The van der Waals surface area contributed by atoms with E-state index in [-0.39, 0.29) is 22.6 Å². The van der Waals surface area contributed by atoms with Crippen molar-refractivity contribution in [1.29, 1.82) is 0 Å². The number of hydrogen-bond donors (Lipinski definition) is 1. The minimum Gasteiger partial charge on any atom is -0.464 e. The molecule has 9 heteroatoms. The Kier molecular flexibility index (Phi) is 4.65. The Balaban J connectivity index is 2.22. The van der Waals surface area contributed by atoms with E-state index >= 15 is 0 Å². The highest BCUT2D eigenvalue weighted by molar-refractivity contribution is 7.92. The lowest BCUT2D eigenvalue weighted by Crippen LogP contribution is -2.14. The number of anilines is 1. The molecule has 2 rings (SSSR count). The van der Waals surface area contributed by atoms with Gasteiger partial charge in [-0.15, -0.1) is 0 Å². The summed E-state index contributed by atoms with van der Waals surface area (Å²) in [6, 6.07) is 0.199. The van der Waals surface area contributed by atoms with Gasteiger partial charge >= 0.3 is 6.01 Å². The summed E-state index contributed by atoms with van der Waals surface area (Å²) >= 11 is 0. The van der Waals surface area contributed by atoms with Gasteiger partial charge in [-0.1, -0.05) is 13.8 Å². The van der Waals surface area contributed by atoms with E-state index in [9.17, 15) is 8.42 Å². The molecule has 2 aromatic heterocycles. The molecule has 0 saturated heterocycles. The van der Waals surface area contributed by atoms with Crippen LogP contribution in [0.4, 0.5) is 5.69 Å². The van der Waals surface area contributed by atoms with Gasteiger partial charge in [0.25, 0.3) is 10.0 Å². The summed E-state index contributed by atoms with van der Waals surface area (Å²) < 4.78 is 33.9. The summed E-state index contributed by atoms with van der Waals surface area (Å²) in [5.74, 6) is 0.825. The molecule has 0 saturated carbocycles. The van der Waals surface area contributed by atoms with Crippen molar-refractivity contribution in [3.63, 3.8) is 0 Å². The first kappa shape index (κ1) is 16.2. The second-order valence-electron chi connectivity index (χ2n) is 5.00. The number of sulfonamides is 1. The smallest absolute Gasteiger partial charge is 0.316 e. The number of ether oxygens (including phenoxy) is 1. The van der Waals surface area contributed by atoms with Gasteiger partial charge in [-0.05, 0) is 6.92 Å². The van der Waals surface area contributed by atoms with Crippen LogP contribution in [0, 0.1) is 0 Å². The molecule has 2 heterocycles. The van der Waals surface area contributed by atoms with Crippen LogP contribution in [0.3, 0.4) is 0 Å². The Hall–Kier alpha value is -2.16. The molecule has 0 aliphatic heterocycles. The normalized spacial score (nSPS) is 11.7. The van der Waals surface area contributed by atoms with Gasteiger partial charge < -0.3 is 9.30 Å². The Labute approximate surface area is 129 Å². The van der Waals surface area contributed by atoms with Gasteiger partial charge in [-0.25, -0.2) is 15.0 Å². The quantitative estimate of drug-likeness (QED) is 0.865. The second-order valence-corrected chi connectivity index (χ2v) is 6.63. The molecule has 0 bridgehead atoms. The zero-order valence-electron chi connectivity index (χ0n) is 12.9. The summed E-state index contributed by atoms with van der Waals surface area (Å²) in [7, 11) is -2.01. The monoisotopic (exact) mass is 325 g/mol. The van der Waals surface area contributed by atoms with Crippen molar-refractivity contribution in [2.24, 2.45) is 7.05 Å². The first-order valence-corrected chi connectivity index (χ1v) is 8.32. The number of rotatable bonds is 6. The summed E-state index contributed by atoms with van der Waals surface area (Å²) in [5, 5.41) is -0.0346. The molecule has 0 atom stereocenters. The second kappa shape index (κ2) is 6.30. The predicted octanol–water partition coefficient (Wildman–Crippen LogP) is 1.53. The van der Waals surface area contributed by atoms with Crippen LogP contribution in [0.5, 0.6) is 6.01 Å². The molecule has 0 aliphatic rings. The van der Waals surface area contributed by atoms with E-state index in [4.69, 9.17) is 4.74 Å². The van der Waals surface area contributed by atoms with Crippen LogP contribution in [0.25, 0.3) is 0 Å². The molecule has 120 valence electrons. The number of imidazole rings is 1. The molecule has 0 radical (unpaired) electrons. The van der Waals surface area contributed by atoms with E-state index in [2.05, 4.69) is 19.7 Å². The van der Waals surface area contributed by atoms with Crippen LogP contribution in [0.1, 0.15) is 32.5 Å². The lowest BCUT2D eigenvalue weighted by Gasteiger charge is -2.06. The summed E-state index contributed by atoms with van der Waals surface area (Å²) in [6.45, 7) is 6.16. The third-order valence-electron chi connectivity index (χ3n) is 2.84. The van der Waals surface area contributed by atoms with Crippen molar-refractivity contribution < 1.29 is 13.2 Å². The van der Waals surface area contributed by atoms with Gasteiger partial charge in [0.05, 0.1) is 24.7 Å². The maximum atomic E-state index is 12.3. The average molecular weight is 325 g/mol. The third-order valence-corrected chi connectivity index (χ3v) is 4.09. The van der Waals surface area contributed by atoms with E-state index in [0.29, 0.717) is 12.4 Å². The number of hydrogen-bond acceptors (Lipinski definition) is 6. The van der Waals surface area contributed by atoms with E-state index in [1.165, 1.54) is 18.6 Å². The van der Waals surface area contributed by atoms with Crippen molar-refractivity contribution in [2.75, 3.05) is 11.3 Å². The molecule has 2 aromatic rings. The minimum atomic E-state index is -3.78. The van der Waals surface area contributed by atoms with Gasteiger partial charge in [0.15, 0.2) is 5.03 Å². The van der Waals surface area contributed by atoms with Gasteiger partial charge in [-0.3, -0.25) is 4.72 Å². The zero-order chi connectivity index (χ0) is 16.3. The van der Waals surface area contributed by atoms with Crippen LogP contribution >= 0.6 is 0 Å². The van der Waals surface area contributed by atoms with Crippen molar-refractivity contribution in [3.8, 4) is 6.01 Å². The van der Waals surface area contributed by atoms with E-state index < -0.39 is 10.0 Å². The Bertz CT molecular complexity index is 738. The Morgan fingerprint density at radius 1 is 1.32 bits per heavy atom. The highest BCUT2D eigenvalue weighted by atomic mass is 32.2. The zero-order valence-corrected chi connectivity index (χ0v) is 13.8. The van der Waals surface area contributed by atoms with Crippen LogP contribution in [0.2, 0.25) is 0 Å². The Morgan fingerprint density at radius 2 is 1.95 bits per heavy atom. The molecule has 0 aliphatic carbocycles. The SMILES string of the molecule is CCOc1ncc(NS(=O)(=O)c2cn(C)c(C(C)C)n2)cn1. The maximum absolute atomic E-state index is 12.3. The average Bonchev–Trinajstić information content (AvgIpc) is 2.84. The number of aromatic nitrogens is 4. The highest BCUT2D eigenvalue weighted by Crippen LogP contribution is 2.18. The molecular formula is C13H19N5O3S. The van der Waals surface area contributed by atoms with Gasteiger partial charge in [0.1, 0.15) is 5.82 Å². The maximum Gasteiger partial charge on any atom is 0.316 e. The van der Waals surface area contributed by atoms with Crippen molar-refractivity contribution in [1.82, 2.24) is 19.5 Å². The number of nitrogens with zero attached hydrogens (tertiary/aromatic N) is 4. The lowest BCUT2D eigenvalue weighted by atomic mass is 10.2. The van der Waals surface area contributed by atoms with Crippen LogP contribution < -0.4 is 9.46 Å². The molecule has 0 aromatic carbocycles. The van der Waals surface area contributed by atoms with Gasteiger partial charge in [-0.2, -0.15) is 8.42 Å². The predicted molar refractivity (Wildman–Crippen MR) is 81.3 cm³/mol. The fourth-order valence-corrected chi connectivity index (χ4v) is 2.93. The number of nitrogens with one attached hydrogen (secondary N) is 1. The molecule has 0 fully saturated rings. The molecule has 8 nitrogen and oxygen atoms in total. The summed E-state index contributed by atoms with van der Waals surface area (Å²) in [4.78, 5) is 12.0. The van der Waals surface area contributed by atoms with E-state index in [1.807, 2.05) is 20.8 Å². The van der Waals surface area contributed by atoms with Gasteiger partial charge in [0, 0.05) is 19.2 Å². The van der Waals surface area contributed by atoms with Crippen LogP contribution in [-0.2, 0) is 17.1 Å². The molecule has 0 unspecified atom stereocenters. The minimum absolute atomic E-state index is 0.0346. The van der Waals surface area contributed by atoms with Crippen molar-refractivity contribution in [3.05, 3.63) is 24.4 Å². The largest absolute Gasteiger partial charge is 0.464 e. The fraction of sp³-hybridized carbons (Fsp3) is 0.462. The van der Waals surface area contributed by atoms with Crippen molar-refractivity contribution in [2.45, 2.75) is 31.7 Å². The van der Waals surface area contributed by atoms with E-state index in [1.54, 1.807) is 11.6 Å². The van der Waals surface area contributed by atoms with Crippen LogP contribution in [0.15, 0.2) is 23.6 Å². The molecule has 22 heavy (non-hydrogen) atoms. The van der Waals surface area contributed by atoms with E-state index in [0.717, 1.165) is 0 Å². The molecular weight excluding hydrogens is 306 g/mol. The van der Waals surface area contributed by atoms with Crippen molar-refractivity contribution >= 4 is 15.7 Å². The standard InChI is InChI=1S/C13H19N5O3S/c1-5-21-13-14-6-10(7-15-13)17-22(19,20)11-8-18(4)12(16-11)9(2)3/h6-9,17H,5H2,1-4H3. The molecule has 0 spiro atoms. The molecule has 1 N–H and O–H groups in total. The number of aryl methyl sites for hydroxylation is 1.